The first-order valence-corrected chi connectivity index (χ1v) is 9.52. The molecule has 1 saturated carbocycles. The van der Waals surface area contributed by atoms with Crippen molar-refractivity contribution in [3.63, 3.8) is 0 Å². The van der Waals surface area contributed by atoms with Gasteiger partial charge in [0.25, 0.3) is 5.91 Å². The number of hydrogen-bond donors (Lipinski definition) is 1. The van der Waals surface area contributed by atoms with Gasteiger partial charge >= 0.3 is 0 Å². The zero-order valence-electron chi connectivity index (χ0n) is 14.1. The molecule has 132 valence electrons. The SMILES string of the molecule is CC1CN(CC2CC2)CC(C)N1C(=O)c1ccc(NS(=O)[O-])cc1. The summed E-state index contributed by atoms with van der Waals surface area (Å²) in [6.45, 7) is 7.19. The van der Waals surface area contributed by atoms with Gasteiger partial charge in [-0.1, -0.05) is 0 Å². The molecule has 0 aromatic heterocycles. The van der Waals surface area contributed by atoms with Crippen molar-refractivity contribution in [1.82, 2.24) is 9.80 Å². The van der Waals surface area contributed by atoms with Crippen LogP contribution in [0.5, 0.6) is 0 Å². The Morgan fingerprint density at radius 3 is 2.29 bits per heavy atom. The molecule has 1 aliphatic carbocycles. The van der Waals surface area contributed by atoms with E-state index < -0.39 is 11.3 Å². The third-order valence-electron chi connectivity index (χ3n) is 4.78. The van der Waals surface area contributed by atoms with Crippen LogP contribution >= 0.6 is 0 Å². The van der Waals surface area contributed by atoms with Crippen molar-refractivity contribution in [2.75, 3.05) is 24.4 Å². The van der Waals surface area contributed by atoms with Gasteiger partial charge in [-0.3, -0.25) is 13.9 Å². The van der Waals surface area contributed by atoms with Crippen LogP contribution in [-0.2, 0) is 11.3 Å². The number of benzene rings is 1. The first-order valence-electron chi connectivity index (χ1n) is 8.45. The molecule has 1 aliphatic heterocycles. The Morgan fingerprint density at radius 1 is 1.21 bits per heavy atom. The van der Waals surface area contributed by atoms with E-state index in [2.05, 4.69) is 23.5 Å². The summed E-state index contributed by atoms with van der Waals surface area (Å²) in [6.07, 6.45) is 2.69. The second kappa shape index (κ2) is 7.21. The molecular weight excluding hydrogens is 326 g/mol. The molecule has 24 heavy (non-hydrogen) atoms. The summed E-state index contributed by atoms with van der Waals surface area (Å²) in [5.74, 6) is 0.870. The Hall–Kier alpha value is -1.44. The van der Waals surface area contributed by atoms with E-state index in [0.717, 1.165) is 25.6 Å². The zero-order valence-corrected chi connectivity index (χ0v) is 14.9. The summed E-state index contributed by atoms with van der Waals surface area (Å²) in [4.78, 5) is 17.3. The molecular formula is C17H24N3O3S-. The maximum Gasteiger partial charge on any atom is 0.254 e. The highest BCUT2D eigenvalue weighted by Crippen LogP contribution is 2.31. The Bertz CT molecular complexity index is 606. The highest BCUT2D eigenvalue weighted by Gasteiger charge is 2.35. The topological polar surface area (TPSA) is 75.7 Å². The predicted molar refractivity (Wildman–Crippen MR) is 93.2 cm³/mol. The average molecular weight is 350 g/mol. The van der Waals surface area contributed by atoms with Crippen LogP contribution in [0.15, 0.2) is 24.3 Å². The predicted octanol–water partition coefficient (Wildman–Crippen LogP) is 1.84. The highest BCUT2D eigenvalue weighted by atomic mass is 32.2. The number of anilines is 1. The van der Waals surface area contributed by atoms with Crippen LogP contribution in [0.1, 0.15) is 37.0 Å². The van der Waals surface area contributed by atoms with Crippen LogP contribution in [0, 0.1) is 5.92 Å². The van der Waals surface area contributed by atoms with Gasteiger partial charge in [0.1, 0.15) is 0 Å². The maximum atomic E-state index is 12.9. The van der Waals surface area contributed by atoms with Crippen LogP contribution in [-0.4, -0.2) is 56.2 Å². The molecule has 2 aliphatic rings. The number of nitrogens with zero attached hydrogens (tertiary/aromatic N) is 2. The van der Waals surface area contributed by atoms with Gasteiger partial charge in [0.2, 0.25) is 0 Å². The van der Waals surface area contributed by atoms with E-state index in [1.807, 2.05) is 4.90 Å². The smallest absolute Gasteiger partial charge is 0.254 e. The minimum absolute atomic E-state index is 0.0101. The number of carbonyl (C=O) groups excluding carboxylic acids is 1. The lowest BCUT2D eigenvalue weighted by Crippen LogP contribution is -2.58. The Morgan fingerprint density at radius 2 is 1.79 bits per heavy atom. The quantitative estimate of drug-likeness (QED) is 0.822. The number of hydrogen-bond acceptors (Lipinski definition) is 4. The number of nitrogens with one attached hydrogen (secondary N) is 1. The number of carbonyl (C=O) groups is 1. The molecule has 0 spiro atoms. The van der Waals surface area contributed by atoms with Gasteiger partial charge in [0.05, 0.1) is 0 Å². The van der Waals surface area contributed by atoms with Crippen LogP contribution in [0.25, 0.3) is 0 Å². The normalized spacial score (nSPS) is 26.2. The Balaban J connectivity index is 1.66. The summed E-state index contributed by atoms with van der Waals surface area (Å²) in [6, 6.07) is 6.92. The van der Waals surface area contributed by atoms with E-state index in [4.69, 9.17) is 0 Å². The van der Waals surface area contributed by atoms with Gasteiger partial charge in [0, 0.05) is 54.2 Å². The van der Waals surface area contributed by atoms with Gasteiger partial charge in [-0.05, 0) is 56.9 Å². The first kappa shape index (κ1) is 17.4. The van der Waals surface area contributed by atoms with Crippen LogP contribution < -0.4 is 4.72 Å². The standard InChI is InChI=1S/C17H25N3O3S/c1-12-9-19(11-14-3-4-14)10-13(2)20(12)17(21)15-5-7-16(8-6-15)18-24(22)23/h5-8,12-14,18H,3-4,9-11H2,1-2H3,(H,22,23)/p-1. The van der Waals surface area contributed by atoms with Crippen molar-refractivity contribution in [2.45, 2.75) is 38.8 Å². The molecule has 1 heterocycles. The van der Waals surface area contributed by atoms with Crippen molar-refractivity contribution in [2.24, 2.45) is 5.92 Å². The second-order valence-corrected chi connectivity index (χ2v) is 7.66. The summed E-state index contributed by atoms with van der Waals surface area (Å²) in [5.41, 5.74) is 1.04. The van der Waals surface area contributed by atoms with Crippen molar-refractivity contribution >= 4 is 22.9 Å². The highest BCUT2D eigenvalue weighted by molar-refractivity contribution is 7.80. The summed E-state index contributed by atoms with van der Waals surface area (Å²) >= 11 is -2.35. The van der Waals surface area contributed by atoms with Crippen LogP contribution in [0.4, 0.5) is 5.69 Å². The molecule has 1 N–H and O–H groups in total. The Kier molecular flexibility index (Phi) is 5.22. The van der Waals surface area contributed by atoms with Gasteiger partial charge in [-0.15, -0.1) is 0 Å². The molecule has 0 bridgehead atoms. The van der Waals surface area contributed by atoms with Crippen LogP contribution in [0.2, 0.25) is 0 Å². The minimum atomic E-state index is -2.35. The molecule has 6 nitrogen and oxygen atoms in total. The monoisotopic (exact) mass is 350 g/mol. The van der Waals surface area contributed by atoms with Gasteiger partial charge in [-0.25, -0.2) is 0 Å². The fraction of sp³-hybridized carbons (Fsp3) is 0.588. The fourth-order valence-electron chi connectivity index (χ4n) is 3.57. The van der Waals surface area contributed by atoms with Crippen molar-refractivity contribution in [1.29, 1.82) is 0 Å². The van der Waals surface area contributed by atoms with Crippen LogP contribution in [0.3, 0.4) is 0 Å². The van der Waals surface area contributed by atoms with E-state index >= 15 is 0 Å². The van der Waals surface area contributed by atoms with Gasteiger partial charge < -0.3 is 14.2 Å². The molecule has 3 rings (SSSR count). The third kappa shape index (κ3) is 4.15. The first-order chi connectivity index (χ1) is 11.4. The second-order valence-electron chi connectivity index (χ2n) is 6.99. The molecule has 1 saturated heterocycles. The van der Waals surface area contributed by atoms with E-state index in [-0.39, 0.29) is 18.0 Å². The molecule has 2 fully saturated rings. The van der Waals surface area contributed by atoms with Gasteiger partial charge in [-0.2, -0.15) is 0 Å². The molecule has 1 aromatic carbocycles. The lowest BCUT2D eigenvalue weighted by molar-refractivity contribution is 0.0278. The fourth-order valence-corrected chi connectivity index (χ4v) is 3.90. The Labute approximate surface area is 145 Å². The molecule has 3 unspecified atom stereocenters. The maximum absolute atomic E-state index is 12.9. The summed E-state index contributed by atoms with van der Waals surface area (Å²) < 4.78 is 23.6. The number of amides is 1. The molecule has 0 radical (unpaired) electrons. The molecule has 1 aromatic rings. The average Bonchev–Trinajstić information content (AvgIpc) is 3.30. The summed E-state index contributed by atoms with van der Waals surface area (Å²) in [5, 5.41) is 0. The minimum Gasteiger partial charge on any atom is -0.755 e. The van der Waals surface area contributed by atoms with E-state index in [1.165, 1.54) is 12.8 Å². The van der Waals surface area contributed by atoms with E-state index in [0.29, 0.717) is 11.3 Å². The lowest BCUT2D eigenvalue weighted by Gasteiger charge is -2.44. The van der Waals surface area contributed by atoms with Crippen molar-refractivity contribution < 1.29 is 13.6 Å². The summed E-state index contributed by atoms with van der Waals surface area (Å²) in [7, 11) is 0. The third-order valence-corrected chi connectivity index (χ3v) is 5.18. The number of piperazine rings is 1. The van der Waals surface area contributed by atoms with Gasteiger partial charge in [0.15, 0.2) is 0 Å². The largest absolute Gasteiger partial charge is 0.755 e. The lowest BCUT2D eigenvalue weighted by atomic mass is 10.0. The number of rotatable bonds is 5. The zero-order chi connectivity index (χ0) is 17.3. The van der Waals surface area contributed by atoms with E-state index in [1.54, 1.807) is 24.3 Å². The molecule has 3 atom stereocenters. The molecule has 1 amide bonds. The molecule has 7 heteroatoms. The van der Waals surface area contributed by atoms with Crippen molar-refractivity contribution in [3.8, 4) is 0 Å². The van der Waals surface area contributed by atoms with Crippen molar-refractivity contribution in [3.05, 3.63) is 29.8 Å². The van der Waals surface area contributed by atoms with E-state index in [9.17, 15) is 13.6 Å².